The Morgan fingerprint density at radius 3 is 2.18 bits per heavy atom. The van der Waals surface area contributed by atoms with Gasteiger partial charge in [0.1, 0.15) is 0 Å². The molecule has 11 heavy (non-hydrogen) atoms. The van der Waals surface area contributed by atoms with Crippen LogP contribution in [0.3, 0.4) is 0 Å². The zero-order valence-electron chi connectivity index (χ0n) is 7.52. The molecular weight excluding hydrogens is 142 g/mol. The molecule has 1 aliphatic rings. The minimum Gasteiger partial charge on any atom is -0.378 e. The van der Waals surface area contributed by atoms with Crippen LogP contribution in [0.2, 0.25) is 0 Å². The molecule has 1 fully saturated rings. The highest BCUT2D eigenvalue weighted by Gasteiger charge is 2.09. The summed E-state index contributed by atoms with van der Waals surface area (Å²) >= 11 is 0. The van der Waals surface area contributed by atoms with Gasteiger partial charge in [-0.3, -0.25) is 4.79 Å². The van der Waals surface area contributed by atoms with Crippen LogP contribution in [0.5, 0.6) is 0 Å². The molecule has 1 saturated heterocycles. The number of hydrogen-bond donors (Lipinski definition) is 1. The topological polar surface area (TPSA) is 38.3 Å². The number of nitrogens with one attached hydrogen (secondary N) is 1. The van der Waals surface area contributed by atoms with E-state index in [-0.39, 0.29) is 5.91 Å². The fraction of sp³-hybridized carbons (Fsp3) is 0.875. The van der Waals surface area contributed by atoms with Gasteiger partial charge in [0.25, 0.3) is 0 Å². The lowest BCUT2D eigenvalue weighted by Crippen LogP contribution is -2.22. The predicted octanol–water partition coefficient (Wildman–Crippen LogP) is 0.938. The van der Waals surface area contributed by atoms with Crippen LogP contribution in [-0.4, -0.2) is 25.7 Å². The van der Waals surface area contributed by atoms with Gasteiger partial charge in [-0.25, -0.2) is 0 Å². The zero-order chi connectivity index (χ0) is 8.69. The summed E-state index contributed by atoms with van der Waals surface area (Å²) in [5.41, 5.74) is 0. The third-order valence-corrected chi connectivity index (χ3v) is 1.53. The van der Waals surface area contributed by atoms with E-state index in [0.29, 0.717) is 12.5 Å². The van der Waals surface area contributed by atoms with Crippen molar-refractivity contribution in [1.82, 2.24) is 5.32 Å². The van der Waals surface area contributed by atoms with E-state index >= 15 is 0 Å². The first-order valence-corrected chi connectivity index (χ1v) is 4.02. The van der Waals surface area contributed by atoms with Crippen molar-refractivity contribution in [3.05, 3.63) is 0 Å². The Balaban J connectivity index is 0.000000183. The van der Waals surface area contributed by atoms with Gasteiger partial charge in [-0.2, -0.15) is 0 Å². The molecule has 1 aliphatic heterocycles. The van der Waals surface area contributed by atoms with E-state index in [0.717, 1.165) is 6.61 Å². The second-order valence-electron chi connectivity index (χ2n) is 2.50. The summed E-state index contributed by atoms with van der Waals surface area (Å²) in [4.78, 5) is 10.1. The Hall–Kier alpha value is -0.570. The third-order valence-electron chi connectivity index (χ3n) is 1.53. The summed E-state index contributed by atoms with van der Waals surface area (Å²) in [6.45, 7) is 4.89. The highest BCUT2D eigenvalue weighted by molar-refractivity contribution is 5.74. The summed E-state index contributed by atoms with van der Waals surface area (Å²) in [6, 6.07) is 0. The van der Waals surface area contributed by atoms with Crippen LogP contribution in [0.25, 0.3) is 0 Å². The Morgan fingerprint density at radius 1 is 1.73 bits per heavy atom. The molecule has 0 spiro atoms. The van der Waals surface area contributed by atoms with Gasteiger partial charge >= 0.3 is 0 Å². The van der Waals surface area contributed by atoms with E-state index in [4.69, 9.17) is 4.74 Å². The largest absolute Gasteiger partial charge is 0.378 e. The van der Waals surface area contributed by atoms with Crippen molar-refractivity contribution in [2.24, 2.45) is 0 Å². The zero-order valence-corrected chi connectivity index (χ0v) is 7.52. The smallest absolute Gasteiger partial charge is 0.219 e. The van der Waals surface area contributed by atoms with E-state index in [2.05, 4.69) is 12.2 Å². The fourth-order valence-electron chi connectivity index (χ4n) is 0.530. The lowest BCUT2D eigenvalue weighted by Gasteiger charge is -2.20. The number of amides is 1. The number of hydrogen-bond acceptors (Lipinski definition) is 2. The lowest BCUT2D eigenvalue weighted by atomic mass is 10.2. The molecule has 0 aromatic heterocycles. The van der Waals surface area contributed by atoms with Crippen LogP contribution in [0.15, 0.2) is 0 Å². The van der Waals surface area contributed by atoms with Crippen molar-refractivity contribution < 1.29 is 9.53 Å². The molecule has 1 unspecified atom stereocenters. The van der Waals surface area contributed by atoms with Crippen LogP contribution in [-0.2, 0) is 9.53 Å². The lowest BCUT2D eigenvalue weighted by molar-refractivity contribution is -0.120. The summed E-state index contributed by atoms with van der Waals surface area (Å²) in [5, 5.41) is 2.48. The minimum absolute atomic E-state index is 0.0926. The maximum absolute atomic E-state index is 10.1. The van der Waals surface area contributed by atoms with Crippen molar-refractivity contribution in [1.29, 1.82) is 0 Å². The van der Waals surface area contributed by atoms with E-state index in [1.807, 2.05) is 6.92 Å². The second kappa shape index (κ2) is 6.16. The summed E-state index contributed by atoms with van der Waals surface area (Å²) in [6.07, 6.45) is 2.41. The van der Waals surface area contributed by atoms with Crippen molar-refractivity contribution in [2.75, 3.05) is 13.7 Å². The first-order valence-electron chi connectivity index (χ1n) is 4.02. The quantitative estimate of drug-likeness (QED) is 0.618. The molecule has 1 N–H and O–H groups in total. The SMILES string of the molecule is CC1CCO1.CCC(=O)NC. The molecule has 0 radical (unpaired) electrons. The van der Waals surface area contributed by atoms with Crippen LogP contribution >= 0.6 is 0 Å². The molecule has 0 aromatic carbocycles. The van der Waals surface area contributed by atoms with Gasteiger partial charge in [-0.1, -0.05) is 6.92 Å². The van der Waals surface area contributed by atoms with Gasteiger partial charge in [0.05, 0.1) is 6.10 Å². The van der Waals surface area contributed by atoms with Crippen LogP contribution < -0.4 is 5.32 Å². The number of carbonyl (C=O) groups is 1. The highest BCUT2D eigenvalue weighted by Crippen LogP contribution is 2.07. The van der Waals surface area contributed by atoms with Crippen LogP contribution in [0.1, 0.15) is 26.7 Å². The maximum Gasteiger partial charge on any atom is 0.219 e. The van der Waals surface area contributed by atoms with E-state index < -0.39 is 0 Å². The molecule has 1 rings (SSSR count). The Morgan fingerprint density at radius 2 is 2.18 bits per heavy atom. The van der Waals surface area contributed by atoms with E-state index in [9.17, 15) is 4.79 Å². The van der Waals surface area contributed by atoms with E-state index in [1.54, 1.807) is 7.05 Å². The molecular formula is C8H17NO2. The monoisotopic (exact) mass is 159 g/mol. The average molecular weight is 159 g/mol. The van der Waals surface area contributed by atoms with Gasteiger partial charge in [0, 0.05) is 20.1 Å². The first kappa shape index (κ1) is 10.4. The summed E-state index contributed by atoms with van der Waals surface area (Å²) in [7, 11) is 1.63. The van der Waals surface area contributed by atoms with Gasteiger partial charge < -0.3 is 10.1 Å². The molecule has 3 heteroatoms. The van der Waals surface area contributed by atoms with Gasteiger partial charge in [-0.15, -0.1) is 0 Å². The molecule has 1 atom stereocenters. The highest BCUT2D eigenvalue weighted by atomic mass is 16.5. The maximum atomic E-state index is 10.1. The Labute approximate surface area is 68.1 Å². The first-order chi connectivity index (χ1) is 5.20. The normalized spacial score (nSPS) is 20.8. The van der Waals surface area contributed by atoms with Gasteiger partial charge in [0.15, 0.2) is 0 Å². The fourth-order valence-corrected chi connectivity index (χ4v) is 0.530. The predicted molar refractivity (Wildman–Crippen MR) is 44.4 cm³/mol. The van der Waals surface area contributed by atoms with Crippen LogP contribution in [0.4, 0.5) is 0 Å². The average Bonchev–Trinajstić information content (AvgIpc) is 2.00. The summed E-state index contributed by atoms with van der Waals surface area (Å²) in [5.74, 6) is 0.0926. The van der Waals surface area contributed by atoms with Crippen molar-refractivity contribution >= 4 is 5.91 Å². The number of carbonyl (C=O) groups excluding carboxylic acids is 1. The van der Waals surface area contributed by atoms with Gasteiger partial charge in [-0.05, 0) is 13.3 Å². The van der Waals surface area contributed by atoms with Crippen molar-refractivity contribution in [2.45, 2.75) is 32.8 Å². The summed E-state index contributed by atoms with van der Waals surface area (Å²) < 4.78 is 4.93. The molecule has 66 valence electrons. The molecule has 1 amide bonds. The minimum atomic E-state index is 0.0926. The van der Waals surface area contributed by atoms with Crippen molar-refractivity contribution in [3.8, 4) is 0 Å². The van der Waals surface area contributed by atoms with Gasteiger partial charge in [0.2, 0.25) is 5.91 Å². The number of rotatable bonds is 1. The molecule has 0 bridgehead atoms. The molecule has 0 aromatic rings. The molecule has 3 nitrogen and oxygen atoms in total. The molecule has 1 heterocycles. The second-order valence-corrected chi connectivity index (χ2v) is 2.50. The molecule has 0 saturated carbocycles. The Kier molecular flexibility index (Phi) is 5.84. The number of ether oxygens (including phenoxy) is 1. The third kappa shape index (κ3) is 5.85. The van der Waals surface area contributed by atoms with Crippen molar-refractivity contribution in [3.63, 3.8) is 0 Å². The standard InChI is InChI=1S/C4H9NO.C4H8O/c1-3-4(6)5-2;1-4-2-3-5-4/h3H2,1-2H3,(H,5,6);4H,2-3H2,1H3. The van der Waals surface area contributed by atoms with E-state index in [1.165, 1.54) is 6.42 Å². The van der Waals surface area contributed by atoms with Crippen LogP contribution in [0, 0.1) is 0 Å². The molecule has 0 aliphatic carbocycles. The Bertz CT molecular complexity index is 105.